The first-order valence-electron chi connectivity index (χ1n) is 7.39. The number of carbonyl (C=O) groups excluding carboxylic acids is 1. The van der Waals surface area contributed by atoms with Crippen LogP contribution in [0.2, 0.25) is 0 Å². The summed E-state index contributed by atoms with van der Waals surface area (Å²) in [5, 5.41) is 13.9. The predicted molar refractivity (Wildman–Crippen MR) is 93.8 cm³/mol. The average molecular weight is 364 g/mol. The SMILES string of the molecule is CCCc1cc(=O)[nH]c2nnc(SCC(=O)Nc3nc(C)cs3)n12. The van der Waals surface area contributed by atoms with Crippen molar-refractivity contribution in [1.82, 2.24) is 24.6 Å². The van der Waals surface area contributed by atoms with Crippen LogP contribution in [0.1, 0.15) is 24.7 Å². The van der Waals surface area contributed by atoms with Gasteiger partial charge >= 0.3 is 0 Å². The molecule has 0 unspecified atom stereocenters. The molecule has 0 aromatic carbocycles. The summed E-state index contributed by atoms with van der Waals surface area (Å²) in [6.45, 7) is 3.91. The first-order valence-corrected chi connectivity index (χ1v) is 9.25. The maximum absolute atomic E-state index is 12.0. The number of hydrogen-bond donors (Lipinski definition) is 2. The second kappa shape index (κ2) is 7.14. The summed E-state index contributed by atoms with van der Waals surface area (Å²) >= 11 is 2.66. The Kier molecular flexibility index (Phi) is 4.95. The molecule has 0 radical (unpaired) electrons. The van der Waals surface area contributed by atoms with E-state index in [2.05, 4.69) is 25.5 Å². The van der Waals surface area contributed by atoms with Crippen molar-refractivity contribution in [1.29, 1.82) is 0 Å². The summed E-state index contributed by atoms with van der Waals surface area (Å²) in [6.07, 6.45) is 1.63. The van der Waals surface area contributed by atoms with E-state index in [4.69, 9.17) is 0 Å². The minimum atomic E-state index is -0.202. The Morgan fingerprint density at radius 1 is 1.46 bits per heavy atom. The van der Waals surface area contributed by atoms with Crippen molar-refractivity contribution in [3.8, 4) is 0 Å². The quantitative estimate of drug-likeness (QED) is 0.647. The van der Waals surface area contributed by atoms with Gasteiger partial charge in [-0.1, -0.05) is 25.1 Å². The molecule has 3 aromatic heterocycles. The summed E-state index contributed by atoms with van der Waals surface area (Å²) in [6, 6.07) is 1.54. The fourth-order valence-electron chi connectivity index (χ4n) is 2.20. The topological polar surface area (TPSA) is 105 Å². The largest absolute Gasteiger partial charge is 0.301 e. The van der Waals surface area contributed by atoms with Gasteiger partial charge in [-0.15, -0.1) is 21.5 Å². The first-order chi connectivity index (χ1) is 11.6. The van der Waals surface area contributed by atoms with Crippen LogP contribution in [-0.4, -0.2) is 36.2 Å². The second-order valence-corrected chi connectivity index (χ2v) is 6.95. The van der Waals surface area contributed by atoms with Crippen molar-refractivity contribution in [2.24, 2.45) is 0 Å². The van der Waals surface area contributed by atoms with E-state index in [1.54, 1.807) is 10.5 Å². The van der Waals surface area contributed by atoms with E-state index < -0.39 is 0 Å². The lowest BCUT2D eigenvalue weighted by Gasteiger charge is -2.05. The molecule has 24 heavy (non-hydrogen) atoms. The summed E-state index contributed by atoms with van der Waals surface area (Å²) in [7, 11) is 0. The van der Waals surface area contributed by atoms with Gasteiger partial charge in [0, 0.05) is 17.1 Å². The predicted octanol–water partition coefficient (Wildman–Crippen LogP) is 1.87. The highest BCUT2D eigenvalue weighted by Crippen LogP contribution is 2.19. The number of aromatic amines is 1. The maximum atomic E-state index is 12.0. The van der Waals surface area contributed by atoms with Gasteiger partial charge in [-0.05, 0) is 13.3 Å². The number of rotatable bonds is 6. The van der Waals surface area contributed by atoms with Crippen LogP contribution in [0.3, 0.4) is 0 Å². The maximum Gasteiger partial charge on any atom is 0.252 e. The van der Waals surface area contributed by atoms with Gasteiger partial charge in [0.1, 0.15) is 0 Å². The molecule has 0 fully saturated rings. The van der Waals surface area contributed by atoms with Gasteiger partial charge in [0.25, 0.3) is 5.56 Å². The summed E-state index contributed by atoms with van der Waals surface area (Å²) in [5.74, 6) is 0.418. The molecule has 0 bridgehead atoms. The highest BCUT2D eigenvalue weighted by molar-refractivity contribution is 7.99. The van der Waals surface area contributed by atoms with Crippen LogP contribution in [0.4, 0.5) is 5.13 Å². The van der Waals surface area contributed by atoms with E-state index in [0.717, 1.165) is 24.2 Å². The number of amides is 1. The number of H-pyrrole nitrogens is 1. The smallest absolute Gasteiger partial charge is 0.252 e. The number of thiazole rings is 1. The third kappa shape index (κ3) is 3.65. The molecule has 3 aromatic rings. The van der Waals surface area contributed by atoms with Crippen molar-refractivity contribution in [2.45, 2.75) is 31.8 Å². The van der Waals surface area contributed by atoms with Crippen LogP contribution in [0.25, 0.3) is 5.78 Å². The zero-order valence-corrected chi connectivity index (χ0v) is 14.8. The molecule has 2 N–H and O–H groups in total. The van der Waals surface area contributed by atoms with Crippen LogP contribution in [-0.2, 0) is 11.2 Å². The molecular weight excluding hydrogens is 348 g/mol. The van der Waals surface area contributed by atoms with Crippen molar-refractivity contribution in [2.75, 3.05) is 11.1 Å². The fraction of sp³-hybridized carbons (Fsp3) is 0.357. The number of aryl methyl sites for hydroxylation is 2. The monoisotopic (exact) mass is 364 g/mol. The number of fused-ring (bicyclic) bond motifs is 1. The fourth-order valence-corrected chi connectivity index (χ4v) is 3.67. The lowest BCUT2D eigenvalue weighted by Crippen LogP contribution is -2.15. The lowest BCUT2D eigenvalue weighted by atomic mass is 10.2. The molecule has 0 atom stereocenters. The third-order valence-corrected chi connectivity index (χ3v) is 4.96. The van der Waals surface area contributed by atoms with E-state index >= 15 is 0 Å². The van der Waals surface area contributed by atoms with Gasteiger partial charge in [-0.25, -0.2) is 4.98 Å². The van der Waals surface area contributed by atoms with E-state index in [9.17, 15) is 9.59 Å². The summed E-state index contributed by atoms with van der Waals surface area (Å²) in [5.41, 5.74) is 1.51. The van der Waals surface area contributed by atoms with Crippen molar-refractivity contribution < 1.29 is 4.79 Å². The number of nitrogens with zero attached hydrogens (tertiary/aromatic N) is 4. The number of carbonyl (C=O) groups is 1. The van der Waals surface area contributed by atoms with Gasteiger partial charge in [0.15, 0.2) is 10.3 Å². The lowest BCUT2D eigenvalue weighted by molar-refractivity contribution is -0.113. The standard InChI is InChI=1S/C14H16N6O2S2/c1-3-4-9-5-10(21)16-12-18-19-14(20(9)12)24-7-11(22)17-13-15-8(2)6-23-13/h5-6H,3-4,7H2,1-2H3,(H,15,17,22)(H,16,18,21). The summed E-state index contributed by atoms with van der Waals surface area (Å²) < 4.78 is 1.79. The van der Waals surface area contributed by atoms with Gasteiger partial charge in [-0.2, -0.15) is 0 Å². The molecule has 0 aliphatic rings. The second-order valence-electron chi connectivity index (χ2n) is 5.15. The molecule has 0 aliphatic heterocycles. The number of aromatic nitrogens is 5. The highest BCUT2D eigenvalue weighted by Gasteiger charge is 2.14. The van der Waals surface area contributed by atoms with Gasteiger partial charge in [-0.3, -0.25) is 19.0 Å². The van der Waals surface area contributed by atoms with Crippen LogP contribution in [0, 0.1) is 6.92 Å². The number of nitrogens with one attached hydrogen (secondary N) is 2. The Morgan fingerprint density at radius 3 is 3.00 bits per heavy atom. The van der Waals surface area contributed by atoms with Crippen molar-refractivity contribution >= 4 is 39.9 Å². The van der Waals surface area contributed by atoms with Crippen molar-refractivity contribution in [3.05, 3.63) is 33.2 Å². The minimum absolute atomic E-state index is 0.160. The normalized spacial score (nSPS) is 11.1. The Hall–Kier alpha value is -2.20. The Balaban J connectivity index is 1.75. The highest BCUT2D eigenvalue weighted by atomic mass is 32.2. The molecule has 1 amide bonds. The molecule has 3 heterocycles. The van der Waals surface area contributed by atoms with Crippen LogP contribution >= 0.6 is 23.1 Å². The minimum Gasteiger partial charge on any atom is -0.301 e. The van der Waals surface area contributed by atoms with Gasteiger partial charge in [0.05, 0.1) is 11.4 Å². The van der Waals surface area contributed by atoms with Crippen LogP contribution < -0.4 is 10.9 Å². The van der Waals surface area contributed by atoms with Crippen molar-refractivity contribution in [3.63, 3.8) is 0 Å². The van der Waals surface area contributed by atoms with E-state index in [1.807, 2.05) is 19.2 Å². The van der Waals surface area contributed by atoms with E-state index in [1.165, 1.54) is 23.1 Å². The number of anilines is 1. The van der Waals surface area contributed by atoms with E-state index in [0.29, 0.717) is 16.1 Å². The average Bonchev–Trinajstić information content (AvgIpc) is 3.11. The van der Waals surface area contributed by atoms with Gasteiger partial charge < -0.3 is 5.32 Å². The van der Waals surface area contributed by atoms with Crippen LogP contribution in [0.15, 0.2) is 21.4 Å². The molecule has 0 aliphatic carbocycles. The number of thioether (sulfide) groups is 1. The van der Waals surface area contributed by atoms with E-state index in [-0.39, 0.29) is 17.2 Å². The van der Waals surface area contributed by atoms with Gasteiger partial charge in [0.2, 0.25) is 11.7 Å². The third-order valence-electron chi connectivity index (χ3n) is 3.16. The Morgan fingerprint density at radius 2 is 2.29 bits per heavy atom. The first kappa shape index (κ1) is 16.7. The molecule has 126 valence electrons. The Labute approximate surface area is 145 Å². The Bertz CT molecular complexity index is 929. The molecule has 8 nitrogen and oxygen atoms in total. The molecule has 0 saturated heterocycles. The zero-order valence-electron chi connectivity index (χ0n) is 13.2. The molecule has 0 saturated carbocycles. The zero-order chi connectivity index (χ0) is 17.1. The molecule has 0 spiro atoms. The molecule has 3 rings (SSSR count). The molecule has 10 heteroatoms. The number of hydrogen-bond acceptors (Lipinski definition) is 7. The van der Waals surface area contributed by atoms with Crippen LogP contribution in [0.5, 0.6) is 0 Å². The molecular formula is C14H16N6O2S2. The summed E-state index contributed by atoms with van der Waals surface area (Å²) in [4.78, 5) is 30.5.